The third-order valence-corrected chi connectivity index (χ3v) is 5.35. The molecule has 0 amide bonds. The number of anilines is 1. The lowest BCUT2D eigenvalue weighted by Crippen LogP contribution is -2.22. The second-order valence-electron chi connectivity index (χ2n) is 6.46. The number of nitrogens with zero attached hydrogens (tertiary/aromatic N) is 5. The van der Waals surface area contributed by atoms with Crippen LogP contribution in [0.3, 0.4) is 0 Å². The molecule has 1 fully saturated rings. The van der Waals surface area contributed by atoms with E-state index >= 15 is 0 Å². The molecule has 0 bridgehead atoms. The summed E-state index contributed by atoms with van der Waals surface area (Å²) in [7, 11) is 3.94. The molecule has 0 spiro atoms. The molecule has 25 heavy (non-hydrogen) atoms. The monoisotopic (exact) mass is 355 g/mol. The van der Waals surface area contributed by atoms with E-state index in [1.807, 2.05) is 31.1 Å². The van der Waals surface area contributed by atoms with Gasteiger partial charge in [-0.1, -0.05) is 11.2 Å². The Labute approximate surface area is 151 Å². The number of pyridine rings is 1. The van der Waals surface area contributed by atoms with E-state index in [0.717, 1.165) is 37.3 Å². The second-order valence-corrected chi connectivity index (χ2v) is 7.50. The Balaban J connectivity index is 1.52. The van der Waals surface area contributed by atoms with Gasteiger partial charge in [0.15, 0.2) is 0 Å². The zero-order chi connectivity index (χ0) is 17.2. The number of thiophene rings is 1. The molecule has 1 aliphatic heterocycles. The van der Waals surface area contributed by atoms with Crippen LogP contribution in [0.5, 0.6) is 0 Å². The molecule has 0 aliphatic carbocycles. The molecule has 130 valence electrons. The van der Waals surface area contributed by atoms with E-state index in [-0.39, 0.29) is 6.04 Å². The summed E-state index contributed by atoms with van der Waals surface area (Å²) in [5, 5.41) is 6.29. The predicted octanol–water partition coefficient (Wildman–Crippen LogP) is 3.60. The molecule has 0 radical (unpaired) electrons. The fourth-order valence-electron chi connectivity index (χ4n) is 3.17. The average Bonchev–Trinajstić information content (AvgIpc) is 3.37. The molecular weight excluding hydrogens is 334 g/mol. The maximum atomic E-state index is 5.59. The van der Waals surface area contributed by atoms with Crippen LogP contribution < -0.4 is 4.90 Å². The van der Waals surface area contributed by atoms with Gasteiger partial charge in [0.1, 0.15) is 5.82 Å². The molecule has 3 aromatic heterocycles. The van der Waals surface area contributed by atoms with Crippen molar-refractivity contribution in [2.24, 2.45) is 0 Å². The molecule has 0 N–H and O–H groups in total. The van der Waals surface area contributed by atoms with Crippen LogP contribution in [0.1, 0.15) is 29.7 Å². The predicted molar refractivity (Wildman–Crippen MR) is 98.6 cm³/mol. The number of hydrogen-bond acceptors (Lipinski definition) is 7. The van der Waals surface area contributed by atoms with Crippen LogP contribution in [0.25, 0.3) is 11.4 Å². The molecule has 1 unspecified atom stereocenters. The Morgan fingerprint density at radius 1 is 1.32 bits per heavy atom. The van der Waals surface area contributed by atoms with Crippen molar-refractivity contribution in [3.05, 3.63) is 46.6 Å². The first kappa shape index (κ1) is 16.2. The summed E-state index contributed by atoms with van der Waals surface area (Å²) < 4.78 is 5.59. The number of likely N-dealkylation sites (tertiary alicyclic amines) is 1. The standard InChI is InChI=1S/C18H21N5OS/c1-22(2)16-8-7-13(11-19-16)17-20-18(24-21-17)15-6-3-9-23(15)12-14-5-4-10-25-14/h4-5,7-8,10-11,15H,3,6,9,12H2,1-2H3. The summed E-state index contributed by atoms with van der Waals surface area (Å²) in [5.74, 6) is 2.22. The van der Waals surface area contributed by atoms with Gasteiger partial charge in [-0.3, -0.25) is 4.90 Å². The molecule has 3 aromatic rings. The van der Waals surface area contributed by atoms with Crippen LogP contribution in [0.4, 0.5) is 5.82 Å². The van der Waals surface area contributed by atoms with Gasteiger partial charge >= 0.3 is 0 Å². The van der Waals surface area contributed by atoms with Crippen molar-refractivity contribution in [3.63, 3.8) is 0 Å². The highest BCUT2D eigenvalue weighted by molar-refractivity contribution is 7.09. The van der Waals surface area contributed by atoms with Crippen molar-refractivity contribution in [2.45, 2.75) is 25.4 Å². The molecule has 0 saturated carbocycles. The maximum Gasteiger partial charge on any atom is 0.244 e. The summed E-state index contributed by atoms with van der Waals surface area (Å²) in [6, 6.07) is 8.42. The van der Waals surface area contributed by atoms with Gasteiger partial charge in [0.05, 0.1) is 6.04 Å². The first-order valence-corrected chi connectivity index (χ1v) is 9.32. The SMILES string of the molecule is CN(C)c1ccc(-c2noc(C3CCCN3Cc3cccs3)n2)cn1. The minimum Gasteiger partial charge on any atom is -0.363 e. The lowest BCUT2D eigenvalue weighted by molar-refractivity contribution is 0.202. The molecule has 1 saturated heterocycles. The average molecular weight is 355 g/mol. The van der Waals surface area contributed by atoms with Crippen molar-refractivity contribution in [3.8, 4) is 11.4 Å². The summed E-state index contributed by atoms with van der Waals surface area (Å²) in [4.78, 5) is 14.8. The number of rotatable bonds is 5. The normalized spacial score (nSPS) is 17.9. The van der Waals surface area contributed by atoms with Crippen LogP contribution in [0, 0.1) is 0 Å². The summed E-state index contributed by atoms with van der Waals surface area (Å²) in [6.07, 6.45) is 4.01. The van der Waals surface area contributed by atoms with E-state index in [0.29, 0.717) is 11.7 Å². The largest absolute Gasteiger partial charge is 0.363 e. The van der Waals surface area contributed by atoms with Crippen molar-refractivity contribution < 1.29 is 4.52 Å². The van der Waals surface area contributed by atoms with Gasteiger partial charge in [0.25, 0.3) is 0 Å². The van der Waals surface area contributed by atoms with Crippen molar-refractivity contribution in [2.75, 3.05) is 25.5 Å². The smallest absolute Gasteiger partial charge is 0.244 e. The van der Waals surface area contributed by atoms with E-state index in [1.165, 1.54) is 4.88 Å². The Hall–Kier alpha value is -2.25. The van der Waals surface area contributed by atoms with Crippen molar-refractivity contribution in [1.29, 1.82) is 0 Å². The van der Waals surface area contributed by atoms with Crippen molar-refractivity contribution >= 4 is 17.2 Å². The molecule has 4 heterocycles. The molecule has 0 aromatic carbocycles. The van der Waals surface area contributed by atoms with E-state index in [2.05, 4.69) is 37.5 Å². The van der Waals surface area contributed by atoms with Gasteiger partial charge in [0.2, 0.25) is 11.7 Å². The maximum absolute atomic E-state index is 5.59. The first-order valence-electron chi connectivity index (χ1n) is 8.44. The minimum atomic E-state index is 0.206. The topological polar surface area (TPSA) is 58.3 Å². The Kier molecular flexibility index (Phi) is 4.50. The fourth-order valence-corrected chi connectivity index (χ4v) is 3.90. The molecular formula is C18H21N5OS. The Morgan fingerprint density at radius 3 is 2.96 bits per heavy atom. The van der Waals surface area contributed by atoms with Crippen LogP contribution in [-0.2, 0) is 6.54 Å². The lowest BCUT2D eigenvalue weighted by Gasteiger charge is -2.20. The van der Waals surface area contributed by atoms with Crippen LogP contribution in [-0.4, -0.2) is 40.7 Å². The summed E-state index contributed by atoms with van der Waals surface area (Å²) in [6.45, 7) is 2.01. The van der Waals surface area contributed by atoms with Crippen LogP contribution in [0.2, 0.25) is 0 Å². The van der Waals surface area contributed by atoms with Gasteiger partial charge in [0, 0.05) is 37.3 Å². The summed E-state index contributed by atoms with van der Waals surface area (Å²) in [5.41, 5.74) is 0.878. The fraction of sp³-hybridized carbons (Fsp3) is 0.389. The molecule has 7 heteroatoms. The van der Waals surface area contributed by atoms with Gasteiger partial charge in [-0.2, -0.15) is 4.98 Å². The minimum absolute atomic E-state index is 0.206. The van der Waals surface area contributed by atoms with Crippen LogP contribution in [0.15, 0.2) is 40.4 Å². The van der Waals surface area contributed by atoms with Crippen LogP contribution >= 0.6 is 11.3 Å². The number of aromatic nitrogens is 3. The zero-order valence-corrected chi connectivity index (χ0v) is 15.2. The molecule has 6 nitrogen and oxygen atoms in total. The second kappa shape index (κ2) is 6.93. The zero-order valence-electron chi connectivity index (χ0n) is 14.4. The highest BCUT2D eigenvalue weighted by Gasteiger charge is 2.31. The Morgan fingerprint density at radius 2 is 2.24 bits per heavy atom. The van der Waals surface area contributed by atoms with E-state index in [1.54, 1.807) is 17.5 Å². The van der Waals surface area contributed by atoms with Gasteiger partial charge in [-0.05, 0) is 43.0 Å². The van der Waals surface area contributed by atoms with E-state index in [9.17, 15) is 0 Å². The highest BCUT2D eigenvalue weighted by atomic mass is 32.1. The third-order valence-electron chi connectivity index (χ3n) is 4.49. The van der Waals surface area contributed by atoms with Gasteiger partial charge < -0.3 is 9.42 Å². The van der Waals surface area contributed by atoms with Gasteiger partial charge in [-0.15, -0.1) is 11.3 Å². The highest BCUT2D eigenvalue weighted by Crippen LogP contribution is 2.33. The third kappa shape index (κ3) is 3.43. The molecule has 1 aliphatic rings. The van der Waals surface area contributed by atoms with E-state index < -0.39 is 0 Å². The van der Waals surface area contributed by atoms with Gasteiger partial charge in [-0.25, -0.2) is 4.98 Å². The van der Waals surface area contributed by atoms with Crippen molar-refractivity contribution in [1.82, 2.24) is 20.0 Å². The molecule has 1 atom stereocenters. The quantitative estimate of drug-likeness (QED) is 0.697. The molecule has 4 rings (SSSR count). The first-order chi connectivity index (χ1) is 12.2. The lowest BCUT2D eigenvalue weighted by atomic mass is 10.2. The summed E-state index contributed by atoms with van der Waals surface area (Å²) >= 11 is 1.79. The Bertz CT molecular complexity index is 812. The number of hydrogen-bond donors (Lipinski definition) is 0. The van der Waals surface area contributed by atoms with E-state index in [4.69, 9.17) is 4.52 Å².